The number of nitrogens with zero attached hydrogens (tertiary/aromatic N) is 2. The van der Waals surface area contributed by atoms with Gasteiger partial charge in [-0.1, -0.05) is 6.07 Å². The first-order valence-corrected chi connectivity index (χ1v) is 9.86. The summed E-state index contributed by atoms with van der Waals surface area (Å²) in [5, 5.41) is 5.53. The average molecular weight is 401 g/mol. The maximum Gasteiger partial charge on any atom is 0.262 e. The third-order valence-electron chi connectivity index (χ3n) is 5.25. The van der Waals surface area contributed by atoms with Crippen LogP contribution in [0, 0.1) is 0 Å². The Balaban J connectivity index is 1.60. The van der Waals surface area contributed by atoms with Crippen molar-refractivity contribution in [1.29, 1.82) is 0 Å². The lowest BCUT2D eigenvalue weighted by Crippen LogP contribution is -2.54. The van der Waals surface area contributed by atoms with E-state index >= 15 is 0 Å². The van der Waals surface area contributed by atoms with Gasteiger partial charge < -0.3 is 16.0 Å². The molecule has 3 rings (SSSR count). The quantitative estimate of drug-likeness (QED) is 0.375. The first-order chi connectivity index (χ1) is 13.9. The summed E-state index contributed by atoms with van der Waals surface area (Å²) in [5.74, 6) is -1.95. The first kappa shape index (κ1) is 21.1. The van der Waals surface area contributed by atoms with Crippen LogP contribution in [0.25, 0.3) is 0 Å². The molecule has 1 unspecified atom stereocenters. The minimum atomic E-state index is -0.939. The van der Waals surface area contributed by atoms with Crippen molar-refractivity contribution in [3.05, 3.63) is 34.9 Å². The number of fused-ring (bicyclic) bond motifs is 1. The Bertz CT molecular complexity index is 825. The summed E-state index contributed by atoms with van der Waals surface area (Å²) in [6, 6.07) is 4.20. The molecule has 1 aromatic rings. The molecule has 2 heterocycles. The molecule has 9 nitrogen and oxygen atoms in total. The topological polar surface area (TPSA) is 125 Å². The second-order valence-electron chi connectivity index (χ2n) is 7.45. The molecule has 156 valence electrons. The number of hydrogen-bond acceptors (Lipinski definition) is 7. The highest BCUT2D eigenvalue weighted by molar-refractivity contribution is 6.23. The van der Waals surface area contributed by atoms with E-state index in [-0.39, 0.29) is 18.7 Å². The van der Waals surface area contributed by atoms with Crippen molar-refractivity contribution in [3.8, 4) is 0 Å². The molecule has 0 bridgehead atoms. The van der Waals surface area contributed by atoms with Crippen LogP contribution in [0.3, 0.4) is 0 Å². The minimum Gasteiger partial charge on any atom is -0.330 e. The molecule has 0 spiro atoms. The number of carbonyl (C=O) groups is 4. The Morgan fingerprint density at radius 3 is 2.66 bits per heavy atom. The summed E-state index contributed by atoms with van der Waals surface area (Å²) in [5.41, 5.74) is 7.00. The van der Waals surface area contributed by atoms with E-state index in [1.165, 1.54) is 0 Å². The largest absolute Gasteiger partial charge is 0.330 e. The number of imide groups is 2. The van der Waals surface area contributed by atoms with Crippen molar-refractivity contribution in [2.45, 2.75) is 31.8 Å². The van der Waals surface area contributed by atoms with Gasteiger partial charge in [0.1, 0.15) is 6.04 Å². The van der Waals surface area contributed by atoms with Crippen molar-refractivity contribution in [1.82, 2.24) is 20.4 Å². The Morgan fingerprint density at radius 2 is 1.93 bits per heavy atom. The van der Waals surface area contributed by atoms with Gasteiger partial charge in [0.2, 0.25) is 11.8 Å². The Labute approximate surface area is 169 Å². The Morgan fingerprint density at radius 1 is 1.17 bits per heavy atom. The Kier molecular flexibility index (Phi) is 6.73. The lowest BCUT2D eigenvalue weighted by atomic mass is 10.0. The van der Waals surface area contributed by atoms with Crippen LogP contribution in [0.4, 0.5) is 0 Å². The van der Waals surface area contributed by atoms with E-state index in [1.54, 1.807) is 12.1 Å². The number of hydrogen-bond donors (Lipinski definition) is 3. The number of piperidine rings is 1. The van der Waals surface area contributed by atoms with Crippen LogP contribution in [0.5, 0.6) is 0 Å². The number of nitrogens with one attached hydrogen (secondary N) is 2. The van der Waals surface area contributed by atoms with Gasteiger partial charge in [-0.05, 0) is 50.7 Å². The van der Waals surface area contributed by atoms with Gasteiger partial charge in [-0.3, -0.25) is 29.4 Å². The molecule has 0 saturated carbocycles. The van der Waals surface area contributed by atoms with Crippen LogP contribution < -0.4 is 16.4 Å². The lowest BCUT2D eigenvalue weighted by molar-refractivity contribution is -0.136. The van der Waals surface area contributed by atoms with Gasteiger partial charge >= 0.3 is 0 Å². The van der Waals surface area contributed by atoms with Crippen LogP contribution in [-0.2, 0) is 16.1 Å². The standard InChI is InChI=1S/C20H27N5O4/c1-24(9-2-7-21)10-8-22-12-13-3-4-14-15(11-13)20(29)25(19(14)28)16-5-6-17(26)23-18(16)27/h3-4,11,16,22H,2,5-10,12,21H2,1H3,(H,23,26,27). The van der Waals surface area contributed by atoms with Gasteiger partial charge in [-0.25, -0.2) is 0 Å². The Hall–Kier alpha value is -2.62. The summed E-state index contributed by atoms with van der Waals surface area (Å²) >= 11 is 0. The molecule has 29 heavy (non-hydrogen) atoms. The van der Waals surface area contributed by atoms with E-state index in [2.05, 4.69) is 15.5 Å². The summed E-state index contributed by atoms with van der Waals surface area (Å²) in [7, 11) is 2.04. The molecule has 1 saturated heterocycles. The van der Waals surface area contributed by atoms with Crippen molar-refractivity contribution < 1.29 is 19.2 Å². The number of rotatable bonds is 9. The van der Waals surface area contributed by atoms with E-state index in [9.17, 15) is 19.2 Å². The van der Waals surface area contributed by atoms with E-state index in [4.69, 9.17) is 5.73 Å². The molecule has 2 aliphatic rings. The zero-order chi connectivity index (χ0) is 21.0. The second-order valence-corrected chi connectivity index (χ2v) is 7.45. The van der Waals surface area contributed by atoms with Gasteiger partial charge in [-0.2, -0.15) is 0 Å². The molecule has 2 aliphatic heterocycles. The van der Waals surface area contributed by atoms with Gasteiger partial charge in [0, 0.05) is 26.1 Å². The number of benzene rings is 1. The van der Waals surface area contributed by atoms with Gasteiger partial charge in [-0.15, -0.1) is 0 Å². The predicted molar refractivity (Wildman–Crippen MR) is 106 cm³/mol. The zero-order valence-electron chi connectivity index (χ0n) is 16.6. The van der Waals surface area contributed by atoms with E-state index < -0.39 is 23.8 Å². The second kappa shape index (κ2) is 9.25. The fraction of sp³-hybridized carbons (Fsp3) is 0.500. The number of carbonyl (C=O) groups excluding carboxylic acids is 4. The third-order valence-corrected chi connectivity index (χ3v) is 5.25. The summed E-state index contributed by atoms with van der Waals surface area (Å²) in [4.78, 5) is 52.1. The molecule has 0 radical (unpaired) electrons. The maximum atomic E-state index is 12.8. The van der Waals surface area contributed by atoms with Crippen LogP contribution in [-0.4, -0.2) is 72.7 Å². The van der Waals surface area contributed by atoms with E-state index in [0.717, 1.165) is 36.5 Å². The molecule has 9 heteroatoms. The van der Waals surface area contributed by atoms with Crippen molar-refractivity contribution >= 4 is 23.6 Å². The molecule has 1 fully saturated rings. The fourth-order valence-corrected chi connectivity index (χ4v) is 3.60. The molecule has 1 atom stereocenters. The highest BCUT2D eigenvalue weighted by atomic mass is 16.2. The average Bonchev–Trinajstić information content (AvgIpc) is 2.94. The van der Waals surface area contributed by atoms with Crippen LogP contribution in [0.2, 0.25) is 0 Å². The number of nitrogens with two attached hydrogens (primary N) is 1. The minimum absolute atomic E-state index is 0.110. The predicted octanol–water partition coefficient (Wildman–Crippen LogP) is -0.542. The molecule has 0 aromatic heterocycles. The van der Waals surface area contributed by atoms with Crippen LogP contribution >= 0.6 is 0 Å². The smallest absolute Gasteiger partial charge is 0.262 e. The molecule has 1 aromatic carbocycles. The highest BCUT2D eigenvalue weighted by Crippen LogP contribution is 2.28. The molecule has 4 N–H and O–H groups in total. The van der Waals surface area contributed by atoms with Crippen molar-refractivity contribution in [3.63, 3.8) is 0 Å². The summed E-state index contributed by atoms with van der Waals surface area (Å²) in [6.45, 7) is 3.86. The van der Waals surface area contributed by atoms with Gasteiger partial charge in [0.15, 0.2) is 0 Å². The molecular formula is C20H27N5O4. The summed E-state index contributed by atoms with van der Waals surface area (Å²) in [6.07, 6.45) is 1.22. The van der Waals surface area contributed by atoms with Crippen molar-refractivity contribution in [2.75, 3.05) is 33.2 Å². The number of likely N-dealkylation sites (N-methyl/N-ethyl adjacent to an activating group) is 1. The zero-order valence-corrected chi connectivity index (χ0v) is 16.6. The van der Waals surface area contributed by atoms with E-state index in [1.807, 2.05) is 13.1 Å². The van der Waals surface area contributed by atoms with E-state index in [0.29, 0.717) is 24.2 Å². The normalized spacial score (nSPS) is 19.1. The SMILES string of the molecule is CN(CCCN)CCNCc1ccc2c(c1)C(=O)N(C1CCC(=O)NC1=O)C2=O. The molecule has 4 amide bonds. The number of amides is 4. The third kappa shape index (κ3) is 4.69. The maximum absolute atomic E-state index is 12.8. The lowest BCUT2D eigenvalue weighted by Gasteiger charge is -2.27. The fourth-order valence-electron chi connectivity index (χ4n) is 3.60. The van der Waals surface area contributed by atoms with Crippen LogP contribution in [0.1, 0.15) is 45.5 Å². The molecule has 0 aliphatic carbocycles. The monoisotopic (exact) mass is 401 g/mol. The van der Waals surface area contributed by atoms with Crippen LogP contribution in [0.15, 0.2) is 18.2 Å². The highest BCUT2D eigenvalue weighted by Gasteiger charge is 2.44. The first-order valence-electron chi connectivity index (χ1n) is 9.86. The van der Waals surface area contributed by atoms with Gasteiger partial charge in [0.25, 0.3) is 11.8 Å². The van der Waals surface area contributed by atoms with Gasteiger partial charge in [0.05, 0.1) is 11.1 Å². The summed E-state index contributed by atoms with van der Waals surface area (Å²) < 4.78 is 0. The van der Waals surface area contributed by atoms with Crippen molar-refractivity contribution in [2.24, 2.45) is 5.73 Å². The molecular weight excluding hydrogens is 374 g/mol.